The van der Waals surface area contributed by atoms with Gasteiger partial charge in [-0.05, 0) is 43.2 Å². The number of H-pyrrole nitrogens is 1. The minimum absolute atomic E-state index is 0.0372. The fourth-order valence-electron chi connectivity index (χ4n) is 3.32. The first-order valence-electron chi connectivity index (χ1n) is 9.48. The van der Waals surface area contributed by atoms with E-state index in [1.165, 1.54) is 18.3 Å². The van der Waals surface area contributed by atoms with Crippen LogP contribution in [0.5, 0.6) is 0 Å². The fourth-order valence-corrected chi connectivity index (χ4v) is 3.81. The highest BCUT2D eigenvalue weighted by Crippen LogP contribution is 2.36. The number of hydrogen-bond acceptors (Lipinski definition) is 5. The van der Waals surface area contributed by atoms with Crippen LogP contribution in [0.4, 0.5) is 5.82 Å². The number of hydrogen-bond donors (Lipinski definition) is 4. The molecule has 10 nitrogen and oxygen atoms in total. The molecule has 0 bridgehead atoms. The molecule has 4 aromatic heterocycles. The first-order valence-corrected chi connectivity index (χ1v) is 11.1. The van der Waals surface area contributed by atoms with E-state index < -0.39 is 13.1 Å². The van der Waals surface area contributed by atoms with E-state index in [0.29, 0.717) is 28.3 Å². The normalized spacial score (nSPS) is 14.1. The number of anilines is 1. The second-order valence-corrected chi connectivity index (χ2v) is 8.87. The van der Waals surface area contributed by atoms with Crippen LogP contribution < -0.4 is 16.4 Å². The number of amides is 1. The first-order chi connectivity index (χ1) is 14.8. The van der Waals surface area contributed by atoms with Gasteiger partial charge in [-0.2, -0.15) is 0 Å². The quantitative estimate of drug-likeness (QED) is 0.347. The molecule has 1 aliphatic rings. The summed E-state index contributed by atoms with van der Waals surface area (Å²) in [5, 5.41) is 2.80. The van der Waals surface area contributed by atoms with Crippen molar-refractivity contribution in [2.75, 3.05) is 5.32 Å². The van der Waals surface area contributed by atoms with E-state index >= 15 is 0 Å². The van der Waals surface area contributed by atoms with Gasteiger partial charge in [-0.3, -0.25) is 18.6 Å². The number of nitrogens with zero attached hydrogens (tertiary/aromatic N) is 2. The summed E-state index contributed by atoms with van der Waals surface area (Å²) in [7, 11) is -4.53. The zero-order valence-electron chi connectivity index (χ0n) is 16.0. The van der Waals surface area contributed by atoms with Crippen molar-refractivity contribution >= 4 is 30.5 Å². The number of aromatic nitrogens is 3. The lowest BCUT2D eigenvalue weighted by atomic mass is 10.1. The summed E-state index contributed by atoms with van der Waals surface area (Å²) in [6, 6.07) is 9.43. The van der Waals surface area contributed by atoms with E-state index in [0.717, 1.165) is 12.8 Å². The van der Waals surface area contributed by atoms with Crippen molar-refractivity contribution in [3.05, 3.63) is 59.1 Å². The molecule has 1 fully saturated rings. The molecule has 4 N–H and O–H groups in total. The number of fused-ring (bicyclic) bond motifs is 1. The highest BCUT2D eigenvalue weighted by atomic mass is 31.2. The molecule has 11 heteroatoms. The number of aromatic amines is 1. The molecule has 4 heterocycles. The fraction of sp³-hybridized carbons (Fsp3) is 0.150. The Bertz CT molecular complexity index is 1420. The van der Waals surface area contributed by atoms with Gasteiger partial charge in [-0.15, -0.1) is 0 Å². The summed E-state index contributed by atoms with van der Waals surface area (Å²) in [6.45, 7) is 0. The molecule has 0 radical (unpaired) electrons. The SMILES string of the molecule is O=C(Nc1cn2c(-c3cc(-c4ccc(P(=O)(O)O)o4)c[nH]c3=O)cccc2n1)C1CC1. The van der Waals surface area contributed by atoms with Crippen molar-refractivity contribution in [3.8, 4) is 22.6 Å². The van der Waals surface area contributed by atoms with Crippen molar-refractivity contribution < 1.29 is 23.6 Å². The molecule has 4 aromatic rings. The average Bonchev–Trinajstić information content (AvgIpc) is 3.29. The van der Waals surface area contributed by atoms with Gasteiger partial charge < -0.3 is 24.5 Å². The van der Waals surface area contributed by atoms with Crippen LogP contribution in [0, 0.1) is 5.92 Å². The Balaban J connectivity index is 1.56. The van der Waals surface area contributed by atoms with Crippen LogP contribution in [-0.4, -0.2) is 30.1 Å². The van der Waals surface area contributed by atoms with Gasteiger partial charge in [0.05, 0.1) is 17.5 Å². The minimum atomic E-state index is -4.53. The summed E-state index contributed by atoms with van der Waals surface area (Å²) in [4.78, 5) is 50.2. The van der Waals surface area contributed by atoms with E-state index in [-0.39, 0.29) is 23.1 Å². The molecule has 5 rings (SSSR count). The van der Waals surface area contributed by atoms with E-state index in [2.05, 4.69) is 15.3 Å². The third kappa shape index (κ3) is 3.72. The predicted molar refractivity (Wildman–Crippen MR) is 112 cm³/mol. The highest BCUT2D eigenvalue weighted by molar-refractivity contribution is 7.59. The van der Waals surface area contributed by atoms with Gasteiger partial charge in [0.2, 0.25) is 11.4 Å². The molecular weight excluding hydrogens is 423 g/mol. The van der Waals surface area contributed by atoms with Crippen molar-refractivity contribution in [1.29, 1.82) is 0 Å². The third-order valence-corrected chi connectivity index (χ3v) is 5.85. The smallest absolute Gasteiger partial charge is 0.391 e. The Labute approximate surface area is 174 Å². The van der Waals surface area contributed by atoms with E-state index in [4.69, 9.17) is 4.42 Å². The van der Waals surface area contributed by atoms with Crippen LogP contribution >= 0.6 is 7.60 Å². The van der Waals surface area contributed by atoms with E-state index in [1.54, 1.807) is 34.9 Å². The highest BCUT2D eigenvalue weighted by Gasteiger charge is 2.30. The minimum Gasteiger partial charge on any atom is -0.448 e. The summed E-state index contributed by atoms with van der Waals surface area (Å²) in [5.74, 6) is 0.568. The molecule has 0 spiro atoms. The van der Waals surface area contributed by atoms with Crippen molar-refractivity contribution in [2.24, 2.45) is 5.92 Å². The van der Waals surface area contributed by atoms with Crippen molar-refractivity contribution in [1.82, 2.24) is 14.4 Å². The Hall–Kier alpha value is -3.46. The predicted octanol–water partition coefficient (Wildman–Crippen LogP) is 2.10. The molecule has 0 aromatic carbocycles. The van der Waals surface area contributed by atoms with Gasteiger partial charge in [0, 0.05) is 17.7 Å². The van der Waals surface area contributed by atoms with Crippen LogP contribution in [0.25, 0.3) is 28.2 Å². The Morgan fingerprint density at radius 2 is 2.06 bits per heavy atom. The van der Waals surface area contributed by atoms with Crippen molar-refractivity contribution in [2.45, 2.75) is 12.8 Å². The van der Waals surface area contributed by atoms with Crippen LogP contribution in [0.15, 0.2) is 58.0 Å². The van der Waals surface area contributed by atoms with E-state index in [1.807, 2.05) is 0 Å². The van der Waals surface area contributed by atoms with Crippen LogP contribution in [-0.2, 0) is 9.36 Å². The van der Waals surface area contributed by atoms with Crippen LogP contribution in [0.1, 0.15) is 12.8 Å². The molecule has 0 unspecified atom stereocenters. The maximum atomic E-state index is 12.6. The third-order valence-electron chi connectivity index (χ3n) is 5.03. The molecule has 0 atom stereocenters. The van der Waals surface area contributed by atoms with Gasteiger partial charge >= 0.3 is 7.60 Å². The maximum absolute atomic E-state index is 12.6. The molecule has 0 aliphatic heterocycles. The molecule has 0 saturated heterocycles. The zero-order valence-corrected chi connectivity index (χ0v) is 16.9. The molecule has 31 heavy (non-hydrogen) atoms. The molecule has 1 amide bonds. The van der Waals surface area contributed by atoms with Gasteiger partial charge in [0.1, 0.15) is 11.4 Å². The monoisotopic (exact) mass is 440 g/mol. The number of carbonyl (C=O) groups is 1. The number of pyridine rings is 2. The Morgan fingerprint density at radius 1 is 1.26 bits per heavy atom. The summed E-state index contributed by atoms with van der Waals surface area (Å²) in [5.41, 5.74) is 0.999. The number of furan rings is 1. The van der Waals surface area contributed by atoms with E-state index in [9.17, 15) is 23.9 Å². The van der Waals surface area contributed by atoms with Gasteiger partial charge in [0.15, 0.2) is 5.82 Å². The topological polar surface area (TPSA) is 150 Å². The molecule has 158 valence electrons. The largest absolute Gasteiger partial charge is 0.448 e. The zero-order chi connectivity index (χ0) is 21.8. The lowest BCUT2D eigenvalue weighted by molar-refractivity contribution is -0.117. The summed E-state index contributed by atoms with van der Waals surface area (Å²) >= 11 is 0. The lowest BCUT2D eigenvalue weighted by Gasteiger charge is -2.06. The number of rotatable bonds is 5. The summed E-state index contributed by atoms with van der Waals surface area (Å²) < 4.78 is 18.4. The Kier molecular flexibility index (Phi) is 4.44. The maximum Gasteiger partial charge on any atom is 0.391 e. The van der Waals surface area contributed by atoms with Crippen LogP contribution in [0.2, 0.25) is 0 Å². The molecular formula is C20H17N4O6P. The molecule has 1 saturated carbocycles. The number of carbonyl (C=O) groups excluding carboxylic acids is 1. The van der Waals surface area contributed by atoms with Crippen molar-refractivity contribution in [3.63, 3.8) is 0 Å². The van der Waals surface area contributed by atoms with Gasteiger partial charge in [0.25, 0.3) is 5.56 Å². The standard InChI is InChI=1S/C20H17N4O6P/c25-19(11-4-5-11)23-16-10-24-14(2-1-3-17(24)22-16)13-8-12(9-21-20(13)26)15-6-7-18(30-15)31(27,28)29/h1-3,6-11H,4-5H2,(H,21,26)(H,23,25)(H2,27,28,29). The molecule has 1 aliphatic carbocycles. The van der Waals surface area contributed by atoms with Gasteiger partial charge in [-0.25, -0.2) is 4.98 Å². The number of imidazole rings is 1. The summed E-state index contributed by atoms with van der Waals surface area (Å²) in [6.07, 6.45) is 4.81. The van der Waals surface area contributed by atoms with Crippen LogP contribution in [0.3, 0.4) is 0 Å². The average molecular weight is 440 g/mol. The first kappa shape index (κ1) is 19.5. The second kappa shape index (κ2) is 7.05. The second-order valence-electron chi connectivity index (χ2n) is 7.34. The Morgan fingerprint density at radius 3 is 2.77 bits per heavy atom. The number of nitrogens with one attached hydrogen (secondary N) is 2. The van der Waals surface area contributed by atoms with Gasteiger partial charge in [-0.1, -0.05) is 6.07 Å². The lowest BCUT2D eigenvalue weighted by Crippen LogP contribution is -2.13.